The van der Waals surface area contributed by atoms with Gasteiger partial charge in [-0.1, -0.05) is 0 Å². The zero-order valence-corrected chi connectivity index (χ0v) is 8.90. The SMILES string of the molecule is CNc1cncc(Sc2ccncn2)n1. The minimum atomic E-state index is 0.744. The molecule has 2 rings (SSSR count). The summed E-state index contributed by atoms with van der Waals surface area (Å²) in [5, 5.41) is 4.59. The predicted octanol–water partition coefficient (Wildman–Crippen LogP) is 1.46. The maximum atomic E-state index is 4.32. The minimum absolute atomic E-state index is 0.744. The predicted molar refractivity (Wildman–Crippen MR) is 57.7 cm³/mol. The van der Waals surface area contributed by atoms with Gasteiger partial charge in [0, 0.05) is 13.2 Å². The third kappa shape index (κ3) is 2.63. The first-order valence-electron chi connectivity index (χ1n) is 4.32. The Labute approximate surface area is 91.4 Å². The molecule has 1 N–H and O–H groups in total. The van der Waals surface area contributed by atoms with E-state index in [1.54, 1.807) is 18.6 Å². The van der Waals surface area contributed by atoms with E-state index in [0.29, 0.717) is 0 Å². The first-order valence-corrected chi connectivity index (χ1v) is 5.14. The highest BCUT2D eigenvalue weighted by Crippen LogP contribution is 2.23. The number of hydrogen-bond donors (Lipinski definition) is 1. The van der Waals surface area contributed by atoms with Crippen molar-refractivity contribution in [1.82, 2.24) is 19.9 Å². The Bertz CT molecular complexity index is 434. The molecule has 2 heterocycles. The lowest BCUT2D eigenvalue weighted by Gasteiger charge is -2.01. The number of nitrogens with one attached hydrogen (secondary N) is 1. The lowest BCUT2D eigenvalue weighted by molar-refractivity contribution is 1.02. The molecule has 0 bridgehead atoms. The summed E-state index contributed by atoms with van der Waals surface area (Å²) in [6, 6.07) is 1.83. The molecule has 0 amide bonds. The summed E-state index contributed by atoms with van der Waals surface area (Å²) in [7, 11) is 1.81. The maximum absolute atomic E-state index is 4.32. The Morgan fingerprint density at radius 1 is 1.20 bits per heavy atom. The Morgan fingerprint density at radius 3 is 2.87 bits per heavy atom. The number of rotatable bonds is 3. The van der Waals surface area contributed by atoms with Gasteiger partial charge < -0.3 is 5.32 Å². The van der Waals surface area contributed by atoms with Gasteiger partial charge in [0.15, 0.2) is 0 Å². The van der Waals surface area contributed by atoms with Crippen LogP contribution in [0.2, 0.25) is 0 Å². The Balaban J connectivity index is 2.17. The van der Waals surface area contributed by atoms with E-state index in [-0.39, 0.29) is 0 Å². The fourth-order valence-corrected chi connectivity index (χ4v) is 1.66. The van der Waals surface area contributed by atoms with Crippen LogP contribution in [0.5, 0.6) is 0 Å². The van der Waals surface area contributed by atoms with Crippen molar-refractivity contribution >= 4 is 17.6 Å². The van der Waals surface area contributed by atoms with Gasteiger partial charge in [0.1, 0.15) is 22.2 Å². The van der Waals surface area contributed by atoms with Gasteiger partial charge >= 0.3 is 0 Å². The van der Waals surface area contributed by atoms with Gasteiger partial charge in [0.2, 0.25) is 0 Å². The van der Waals surface area contributed by atoms with Crippen LogP contribution in [0, 0.1) is 0 Å². The van der Waals surface area contributed by atoms with Gasteiger partial charge in [-0.15, -0.1) is 0 Å². The second-order valence-corrected chi connectivity index (χ2v) is 3.68. The highest BCUT2D eigenvalue weighted by molar-refractivity contribution is 7.99. The molecule has 5 nitrogen and oxygen atoms in total. The van der Waals surface area contributed by atoms with Crippen LogP contribution in [0.25, 0.3) is 0 Å². The lowest BCUT2D eigenvalue weighted by Crippen LogP contribution is -1.94. The number of hydrogen-bond acceptors (Lipinski definition) is 6. The van der Waals surface area contributed by atoms with Crippen LogP contribution in [0.3, 0.4) is 0 Å². The number of aromatic nitrogens is 4. The van der Waals surface area contributed by atoms with E-state index in [9.17, 15) is 0 Å². The van der Waals surface area contributed by atoms with Crippen LogP contribution in [0.4, 0.5) is 5.82 Å². The molecule has 0 atom stereocenters. The molecule has 0 aromatic carbocycles. The molecule has 6 heteroatoms. The molecule has 15 heavy (non-hydrogen) atoms. The summed E-state index contributed by atoms with van der Waals surface area (Å²) in [6.45, 7) is 0. The molecule has 2 aromatic rings. The van der Waals surface area contributed by atoms with E-state index >= 15 is 0 Å². The van der Waals surface area contributed by atoms with E-state index in [2.05, 4.69) is 25.3 Å². The monoisotopic (exact) mass is 219 g/mol. The fraction of sp³-hybridized carbons (Fsp3) is 0.111. The fourth-order valence-electron chi connectivity index (χ4n) is 0.964. The van der Waals surface area contributed by atoms with Crippen LogP contribution < -0.4 is 5.32 Å². The van der Waals surface area contributed by atoms with Crippen molar-refractivity contribution < 1.29 is 0 Å². The van der Waals surface area contributed by atoms with Crippen molar-refractivity contribution in [2.75, 3.05) is 12.4 Å². The minimum Gasteiger partial charge on any atom is -0.372 e. The van der Waals surface area contributed by atoms with Crippen LogP contribution in [-0.2, 0) is 0 Å². The summed E-state index contributed by atoms with van der Waals surface area (Å²) in [4.78, 5) is 16.3. The van der Waals surface area contributed by atoms with E-state index in [4.69, 9.17) is 0 Å². The quantitative estimate of drug-likeness (QED) is 0.788. The zero-order valence-electron chi connectivity index (χ0n) is 8.08. The van der Waals surface area contributed by atoms with E-state index in [1.807, 2.05) is 13.1 Å². The summed E-state index contributed by atoms with van der Waals surface area (Å²) in [5.74, 6) is 0.744. The van der Waals surface area contributed by atoms with Crippen molar-refractivity contribution in [2.45, 2.75) is 10.1 Å². The van der Waals surface area contributed by atoms with Gasteiger partial charge in [-0.05, 0) is 17.8 Å². The molecular weight excluding hydrogens is 210 g/mol. The molecule has 76 valence electrons. The lowest BCUT2D eigenvalue weighted by atomic mass is 10.7. The molecule has 0 aliphatic rings. The van der Waals surface area contributed by atoms with Gasteiger partial charge in [0.05, 0.1) is 12.4 Å². The molecule has 0 aliphatic heterocycles. The maximum Gasteiger partial charge on any atom is 0.145 e. The van der Waals surface area contributed by atoms with Crippen molar-refractivity contribution in [3.05, 3.63) is 31.0 Å². The molecule has 2 aromatic heterocycles. The molecule has 0 fully saturated rings. The van der Waals surface area contributed by atoms with E-state index in [0.717, 1.165) is 15.9 Å². The van der Waals surface area contributed by atoms with Gasteiger partial charge in [-0.2, -0.15) is 0 Å². The average molecular weight is 219 g/mol. The highest BCUT2D eigenvalue weighted by atomic mass is 32.2. The van der Waals surface area contributed by atoms with Crippen molar-refractivity contribution in [2.24, 2.45) is 0 Å². The normalized spacial score (nSPS) is 9.93. The van der Waals surface area contributed by atoms with Crippen molar-refractivity contribution in [3.63, 3.8) is 0 Å². The van der Waals surface area contributed by atoms with Gasteiger partial charge in [-0.25, -0.2) is 15.0 Å². The smallest absolute Gasteiger partial charge is 0.145 e. The average Bonchev–Trinajstić information content (AvgIpc) is 2.31. The number of anilines is 1. The second kappa shape index (κ2) is 4.70. The standard InChI is InChI=1S/C9H9N5S/c1-10-7-4-12-5-9(14-7)15-8-2-3-11-6-13-8/h2-6H,1H3,(H,10,14). The van der Waals surface area contributed by atoms with Crippen molar-refractivity contribution in [1.29, 1.82) is 0 Å². The molecule has 0 unspecified atom stereocenters. The molecule has 0 aliphatic carbocycles. The molecule has 0 spiro atoms. The van der Waals surface area contributed by atoms with Crippen LogP contribution in [-0.4, -0.2) is 27.0 Å². The summed E-state index contributed by atoms with van der Waals surface area (Å²) in [5.41, 5.74) is 0. The van der Waals surface area contributed by atoms with Gasteiger partial charge in [-0.3, -0.25) is 4.98 Å². The van der Waals surface area contributed by atoms with Crippen molar-refractivity contribution in [3.8, 4) is 0 Å². The molecular formula is C9H9N5S. The van der Waals surface area contributed by atoms with E-state index < -0.39 is 0 Å². The van der Waals surface area contributed by atoms with Crippen LogP contribution in [0.1, 0.15) is 0 Å². The first-order chi connectivity index (χ1) is 7.38. The zero-order chi connectivity index (χ0) is 10.5. The third-order valence-electron chi connectivity index (χ3n) is 1.63. The highest BCUT2D eigenvalue weighted by Gasteiger charge is 2.00. The first kappa shape index (κ1) is 9.85. The van der Waals surface area contributed by atoms with Gasteiger partial charge in [0.25, 0.3) is 0 Å². The summed E-state index contributed by atoms with van der Waals surface area (Å²) >= 11 is 1.45. The number of nitrogens with zero attached hydrogens (tertiary/aromatic N) is 4. The largest absolute Gasteiger partial charge is 0.372 e. The van der Waals surface area contributed by atoms with Crippen LogP contribution >= 0.6 is 11.8 Å². The molecule has 0 radical (unpaired) electrons. The Morgan fingerprint density at radius 2 is 2.13 bits per heavy atom. The summed E-state index contributed by atoms with van der Waals surface area (Å²) in [6.07, 6.45) is 6.58. The Hall–Kier alpha value is -1.69. The topological polar surface area (TPSA) is 63.6 Å². The van der Waals surface area contributed by atoms with Crippen LogP contribution in [0.15, 0.2) is 41.0 Å². The van der Waals surface area contributed by atoms with E-state index in [1.165, 1.54) is 18.1 Å². The summed E-state index contributed by atoms with van der Waals surface area (Å²) < 4.78 is 0. The molecule has 0 saturated carbocycles. The Kier molecular flexibility index (Phi) is 3.08. The third-order valence-corrected chi connectivity index (χ3v) is 2.49. The second-order valence-electron chi connectivity index (χ2n) is 2.64. The molecule has 0 saturated heterocycles.